The minimum absolute atomic E-state index is 0.0363. The fraction of sp³-hybridized carbons (Fsp3) is 1.00. The Morgan fingerprint density at radius 2 is 0.905 bits per heavy atom. The van der Waals surface area contributed by atoms with E-state index in [1.165, 1.54) is 6.42 Å². The number of rotatable bonds is 14. The Morgan fingerprint density at radius 3 is 1.33 bits per heavy atom. The van der Waals surface area contributed by atoms with Crippen molar-refractivity contribution in [3.05, 3.63) is 0 Å². The van der Waals surface area contributed by atoms with Crippen LogP contribution in [0.2, 0.25) is 18.1 Å². The first-order chi connectivity index (χ1) is 9.77. The van der Waals surface area contributed by atoms with Crippen LogP contribution in [-0.2, 0) is 0 Å². The van der Waals surface area contributed by atoms with E-state index in [0.29, 0.717) is 25.7 Å². The number of unbranched alkanes of at least 4 members (excludes halogenated alkanes) is 8. The van der Waals surface area contributed by atoms with Gasteiger partial charge in [0.25, 0.3) is 0 Å². The molecule has 0 bridgehead atoms. The van der Waals surface area contributed by atoms with Crippen molar-refractivity contribution in [1.82, 2.24) is 0 Å². The standard InChI is InChI=1S/C14H29F5Si2/c1-2-3-4-5-6-9-12-20(15,16)13-10-7-8-11-14-21(17,18)19/h2-14H2,1H3. The Labute approximate surface area is 128 Å². The molecule has 0 atom stereocenters. The minimum Gasteiger partial charge on any atom is -0.270 e. The van der Waals surface area contributed by atoms with E-state index in [4.69, 9.17) is 0 Å². The van der Waals surface area contributed by atoms with Crippen LogP contribution in [0.15, 0.2) is 0 Å². The third kappa shape index (κ3) is 16.3. The van der Waals surface area contributed by atoms with Gasteiger partial charge in [0.15, 0.2) is 0 Å². The molecule has 0 aliphatic rings. The van der Waals surface area contributed by atoms with Gasteiger partial charge in [-0.3, -0.25) is 8.22 Å². The van der Waals surface area contributed by atoms with Crippen LogP contribution in [0.3, 0.4) is 0 Å². The fourth-order valence-corrected chi connectivity index (χ4v) is 4.79. The van der Waals surface area contributed by atoms with Gasteiger partial charge >= 0.3 is 17.8 Å². The van der Waals surface area contributed by atoms with Gasteiger partial charge in [0.2, 0.25) is 0 Å². The molecule has 0 unspecified atom stereocenters. The van der Waals surface area contributed by atoms with Crippen molar-refractivity contribution in [2.24, 2.45) is 0 Å². The molecular formula is C14H29F5Si2. The molecule has 0 N–H and O–H groups in total. The summed E-state index contributed by atoms with van der Waals surface area (Å²) in [5.41, 5.74) is 0. The Hall–Kier alpha value is 0.0838. The van der Waals surface area contributed by atoms with E-state index in [9.17, 15) is 20.5 Å². The van der Waals surface area contributed by atoms with Crippen molar-refractivity contribution < 1.29 is 20.5 Å². The van der Waals surface area contributed by atoms with Crippen molar-refractivity contribution >= 4 is 17.8 Å². The summed E-state index contributed by atoms with van der Waals surface area (Å²) in [5, 5.41) is 0. The summed E-state index contributed by atoms with van der Waals surface area (Å²) in [6.07, 6.45) is 7.48. The quantitative estimate of drug-likeness (QED) is 0.135. The maximum Gasteiger partial charge on any atom is 0.616 e. The van der Waals surface area contributed by atoms with E-state index < -0.39 is 23.9 Å². The number of halogens is 5. The van der Waals surface area contributed by atoms with E-state index in [1.54, 1.807) is 0 Å². The highest BCUT2D eigenvalue weighted by molar-refractivity contribution is 6.66. The molecule has 0 aliphatic carbocycles. The van der Waals surface area contributed by atoms with E-state index in [0.717, 1.165) is 25.7 Å². The Balaban J connectivity index is 3.46. The first-order valence-corrected chi connectivity index (χ1v) is 12.2. The molecule has 128 valence electrons. The predicted octanol–water partition coefficient (Wildman–Crippen LogP) is 7.14. The van der Waals surface area contributed by atoms with E-state index in [2.05, 4.69) is 6.92 Å². The molecule has 7 heteroatoms. The van der Waals surface area contributed by atoms with Gasteiger partial charge in [0.05, 0.1) is 0 Å². The second-order valence-electron chi connectivity index (χ2n) is 5.90. The van der Waals surface area contributed by atoms with Crippen LogP contribution >= 0.6 is 0 Å². The lowest BCUT2D eigenvalue weighted by atomic mass is 10.1. The molecule has 0 saturated heterocycles. The Bertz CT molecular complexity index is 244. The molecule has 0 saturated carbocycles. The SMILES string of the molecule is CCCCCCCC[Si](F)(F)CCCCCC[Si](F)(F)F. The van der Waals surface area contributed by atoms with Gasteiger partial charge in [0.1, 0.15) is 0 Å². The average Bonchev–Trinajstić information content (AvgIpc) is 2.36. The van der Waals surface area contributed by atoms with Gasteiger partial charge in [-0.1, -0.05) is 64.7 Å². The van der Waals surface area contributed by atoms with Crippen LogP contribution in [0.25, 0.3) is 0 Å². The lowest BCUT2D eigenvalue weighted by Gasteiger charge is -2.12. The number of hydrogen-bond donors (Lipinski definition) is 0. The summed E-state index contributed by atoms with van der Waals surface area (Å²) in [5.74, 6) is 0. The normalized spacial score (nSPS) is 12.9. The van der Waals surface area contributed by atoms with E-state index in [-0.39, 0.29) is 18.5 Å². The topological polar surface area (TPSA) is 0 Å². The van der Waals surface area contributed by atoms with Crippen LogP contribution in [-0.4, -0.2) is 17.8 Å². The Morgan fingerprint density at radius 1 is 0.524 bits per heavy atom. The first kappa shape index (κ1) is 21.1. The van der Waals surface area contributed by atoms with Crippen LogP contribution < -0.4 is 0 Å². The average molecular weight is 349 g/mol. The van der Waals surface area contributed by atoms with Crippen LogP contribution in [0, 0.1) is 0 Å². The summed E-state index contributed by atoms with van der Waals surface area (Å²) in [6, 6.07) is -0.626. The third-order valence-electron chi connectivity index (χ3n) is 3.65. The molecular weight excluding hydrogens is 319 g/mol. The summed E-state index contributed by atoms with van der Waals surface area (Å²) in [7, 11) is -9.51. The second-order valence-corrected chi connectivity index (χ2v) is 10.3. The zero-order chi connectivity index (χ0) is 16.2. The predicted molar refractivity (Wildman–Crippen MR) is 83.3 cm³/mol. The third-order valence-corrected chi connectivity index (χ3v) is 6.74. The molecule has 0 aromatic carbocycles. The summed E-state index contributed by atoms with van der Waals surface area (Å²) < 4.78 is 63.4. The lowest BCUT2D eigenvalue weighted by Crippen LogP contribution is -2.21. The maximum atomic E-state index is 13.7. The zero-order valence-electron chi connectivity index (χ0n) is 13.1. The summed E-state index contributed by atoms with van der Waals surface area (Å²) in [6.45, 7) is 2.12. The second kappa shape index (κ2) is 11.6. The lowest BCUT2D eigenvalue weighted by molar-refractivity contribution is 0.459. The Kier molecular flexibility index (Phi) is 11.7. The molecule has 21 heavy (non-hydrogen) atoms. The van der Waals surface area contributed by atoms with Gasteiger partial charge in [0, 0.05) is 6.04 Å². The highest BCUT2D eigenvalue weighted by Gasteiger charge is 2.35. The molecule has 0 radical (unpaired) electrons. The van der Waals surface area contributed by atoms with Gasteiger partial charge < -0.3 is 0 Å². The molecule has 0 nitrogen and oxygen atoms in total. The summed E-state index contributed by atoms with van der Waals surface area (Å²) >= 11 is 0. The summed E-state index contributed by atoms with van der Waals surface area (Å²) in [4.78, 5) is 0. The monoisotopic (exact) mass is 348 g/mol. The van der Waals surface area contributed by atoms with Gasteiger partial charge in [-0.25, -0.2) is 12.3 Å². The fourth-order valence-electron chi connectivity index (χ4n) is 2.35. The number of hydrogen-bond acceptors (Lipinski definition) is 0. The van der Waals surface area contributed by atoms with Crippen molar-refractivity contribution in [2.45, 2.75) is 89.3 Å². The van der Waals surface area contributed by atoms with Crippen LogP contribution in [0.5, 0.6) is 0 Å². The molecule has 0 aromatic rings. The van der Waals surface area contributed by atoms with E-state index in [1.807, 2.05) is 0 Å². The first-order valence-electron chi connectivity index (χ1n) is 8.21. The van der Waals surface area contributed by atoms with Gasteiger partial charge in [-0.15, -0.1) is 0 Å². The largest absolute Gasteiger partial charge is 0.616 e. The molecule has 0 rings (SSSR count). The smallest absolute Gasteiger partial charge is 0.270 e. The van der Waals surface area contributed by atoms with Crippen molar-refractivity contribution in [3.8, 4) is 0 Å². The van der Waals surface area contributed by atoms with Crippen LogP contribution in [0.1, 0.15) is 71.1 Å². The van der Waals surface area contributed by atoms with Gasteiger partial charge in [-0.2, -0.15) is 0 Å². The molecule has 0 aromatic heterocycles. The molecule has 0 fully saturated rings. The molecule has 0 spiro atoms. The highest BCUT2D eigenvalue weighted by Crippen LogP contribution is 2.26. The van der Waals surface area contributed by atoms with Crippen molar-refractivity contribution in [1.29, 1.82) is 0 Å². The van der Waals surface area contributed by atoms with Crippen molar-refractivity contribution in [3.63, 3.8) is 0 Å². The zero-order valence-corrected chi connectivity index (χ0v) is 15.1. The van der Waals surface area contributed by atoms with E-state index >= 15 is 0 Å². The van der Waals surface area contributed by atoms with Gasteiger partial charge in [-0.05, 0) is 18.5 Å². The molecule has 0 heterocycles. The minimum atomic E-state index is -5.43. The van der Waals surface area contributed by atoms with Crippen molar-refractivity contribution in [2.75, 3.05) is 0 Å². The highest BCUT2D eigenvalue weighted by atomic mass is 28.5. The molecule has 0 aliphatic heterocycles. The molecule has 0 amide bonds. The van der Waals surface area contributed by atoms with Crippen LogP contribution in [0.4, 0.5) is 20.5 Å². The maximum absolute atomic E-state index is 13.7.